The Kier molecular flexibility index (Phi) is 6.76. The largest absolute Gasteiger partial charge is 0.354 e. The molecule has 1 aromatic rings. The number of hydrogen-bond acceptors (Lipinski definition) is 4. The van der Waals surface area contributed by atoms with Gasteiger partial charge in [-0.15, -0.1) is 0 Å². The number of halogens is 1. The number of nitrogens with zero attached hydrogens (tertiary/aromatic N) is 2. The van der Waals surface area contributed by atoms with E-state index < -0.39 is 21.7 Å². The van der Waals surface area contributed by atoms with Crippen LogP contribution in [0.15, 0.2) is 24.3 Å². The van der Waals surface area contributed by atoms with Crippen LogP contribution in [0.3, 0.4) is 0 Å². The standard InChI is InChI=1S/C14H22FN3O3S/c1-17(2)9-5-8-16-14(19)11-18(22(3,20)21)13-7-4-6-12(15)10-13/h4,6-7,10H,5,8-9,11H2,1-3H3,(H,16,19). The van der Waals surface area contributed by atoms with Crippen molar-refractivity contribution in [3.8, 4) is 0 Å². The zero-order valence-corrected chi connectivity index (χ0v) is 13.9. The van der Waals surface area contributed by atoms with Crippen molar-refractivity contribution in [2.75, 3.05) is 44.3 Å². The molecule has 0 aliphatic rings. The van der Waals surface area contributed by atoms with Gasteiger partial charge in [0.05, 0.1) is 11.9 Å². The average Bonchev–Trinajstić information content (AvgIpc) is 2.39. The van der Waals surface area contributed by atoms with Crippen molar-refractivity contribution in [2.45, 2.75) is 6.42 Å². The van der Waals surface area contributed by atoms with Crippen LogP contribution < -0.4 is 9.62 Å². The van der Waals surface area contributed by atoms with E-state index in [0.29, 0.717) is 6.54 Å². The van der Waals surface area contributed by atoms with Gasteiger partial charge < -0.3 is 10.2 Å². The van der Waals surface area contributed by atoms with E-state index in [4.69, 9.17) is 0 Å². The Morgan fingerprint density at radius 3 is 2.55 bits per heavy atom. The van der Waals surface area contributed by atoms with Gasteiger partial charge in [0.25, 0.3) is 0 Å². The maximum Gasteiger partial charge on any atom is 0.240 e. The van der Waals surface area contributed by atoms with Crippen LogP contribution in [-0.2, 0) is 14.8 Å². The van der Waals surface area contributed by atoms with Crippen molar-refractivity contribution in [3.05, 3.63) is 30.1 Å². The van der Waals surface area contributed by atoms with Crippen LogP contribution >= 0.6 is 0 Å². The van der Waals surface area contributed by atoms with E-state index in [9.17, 15) is 17.6 Å². The van der Waals surface area contributed by atoms with Gasteiger partial charge in [-0.1, -0.05) is 6.07 Å². The third kappa shape index (κ3) is 6.40. The highest BCUT2D eigenvalue weighted by atomic mass is 32.2. The summed E-state index contributed by atoms with van der Waals surface area (Å²) in [6, 6.07) is 5.15. The molecule has 1 amide bonds. The summed E-state index contributed by atoms with van der Waals surface area (Å²) in [7, 11) is 0.179. The predicted molar refractivity (Wildman–Crippen MR) is 84.8 cm³/mol. The Morgan fingerprint density at radius 2 is 2.00 bits per heavy atom. The van der Waals surface area contributed by atoms with Crippen LogP contribution in [0.25, 0.3) is 0 Å². The van der Waals surface area contributed by atoms with Gasteiger partial charge in [0, 0.05) is 6.54 Å². The Morgan fingerprint density at radius 1 is 1.32 bits per heavy atom. The van der Waals surface area contributed by atoms with E-state index in [1.54, 1.807) is 0 Å². The Bertz CT molecular complexity index is 605. The van der Waals surface area contributed by atoms with Gasteiger partial charge in [0.2, 0.25) is 15.9 Å². The highest BCUT2D eigenvalue weighted by molar-refractivity contribution is 7.92. The molecule has 0 spiro atoms. The first-order chi connectivity index (χ1) is 10.2. The number of sulfonamides is 1. The minimum absolute atomic E-state index is 0.131. The summed E-state index contributed by atoms with van der Waals surface area (Å²) in [6.07, 6.45) is 1.74. The number of anilines is 1. The molecule has 0 saturated heterocycles. The van der Waals surface area contributed by atoms with Crippen LogP contribution in [0.1, 0.15) is 6.42 Å². The minimum Gasteiger partial charge on any atom is -0.354 e. The number of rotatable bonds is 8. The highest BCUT2D eigenvalue weighted by Gasteiger charge is 2.20. The smallest absolute Gasteiger partial charge is 0.240 e. The molecule has 1 N–H and O–H groups in total. The summed E-state index contributed by atoms with van der Waals surface area (Å²) >= 11 is 0. The molecule has 22 heavy (non-hydrogen) atoms. The second-order valence-corrected chi connectivity index (χ2v) is 7.16. The van der Waals surface area contributed by atoms with E-state index >= 15 is 0 Å². The lowest BCUT2D eigenvalue weighted by molar-refractivity contribution is -0.119. The van der Waals surface area contributed by atoms with Gasteiger partial charge in [-0.05, 0) is 45.3 Å². The summed E-state index contributed by atoms with van der Waals surface area (Å²) in [6.45, 7) is 0.905. The van der Waals surface area contributed by atoms with Gasteiger partial charge in [0.1, 0.15) is 12.4 Å². The number of carbonyl (C=O) groups is 1. The van der Waals surface area contributed by atoms with Crippen molar-refractivity contribution >= 4 is 21.6 Å². The number of benzene rings is 1. The van der Waals surface area contributed by atoms with E-state index in [-0.39, 0.29) is 12.2 Å². The number of hydrogen-bond donors (Lipinski definition) is 1. The molecule has 0 unspecified atom stereocenters. The second-order valence-electron chi connectivity index (χ2n) is 5.26. The molecule has 0 heterocycles. The van der Waals surface area contributed by atoms with Crippen molar-refractivity contribution in [2.24, 2.45) is 0 Å². The van der Waals surface area contributed by atoms with E-state index in [1.165, 1.54) is 18.2 Å². The summed E-state index contributed by atoms with van der Waals surface area (Å²) in [4.78, 5) is 13.9. The molecule has 8 heteroatoms. The van der Waals surface area contributed by atoms with Crippen LogP contribution in [0, 0.1) is 5.82 Å². The lowest BCUT2D eigenvalue weighted by Gasteiger charge is -2.22. The molecular weight excluding hydrogens is 309 g/mol. The molecule has 124 valence electrons. The third-order valence-corrected chi connectivity index (χ3v) is 4.03. The Balaban J connectivity index is 2.69. The predicted octanol–water partition coefficient (Wildman–Crippen LogP) is 0.660. The molecule has 6 nitrogen and oxygen atoms in total. The first kappa shape index (κ1) is 18.4. The quantitative estimate of drug-likeness (QED) is 0.711. The van der Waals surface area contributed by atoms with Gasteiger partial charge >= 0.3 is 0 Å². The first-order valence-corrected chi connectivity index (χ1v) is 8.69. The molecule has 0 radical (unpaired) electrons. The van der Waals surface area contributed by atoms with Crippen LogP contribution in [-0.4, -0.2) is 59.2 Å². The van der Waals surface area contributed by atoms with E-state index in [0.717, 1.165) is 29.6 Å². The fourth-order valence-corrected chi connectivity index (χ4v) is 2.69. The molecule has 0 aromatic heterocycles. The SMILES string of the molecule is CN(C)CCCNC(=O)CN(c1cccc(F)c1)S(C)(=O)=O. The van der Waals surface area contributed by atoms with Crippen LogP contribution in [0.2, 0.25) is 0 Å². The summed E-state index contributed by atoms with van der Waals surface area (Å²) in [5.41, 5.74) is 0.131. The third-order valence-electron chi connectivity index (χ3n) is 2.89. The van der Waals surface area contributed by atoms with Gasteiger partial charge in [0.15, 0.2) is 0 Å². The highest BCUT2D eigenvalue weighted by Crippen LogP contribution is 2.18. The summed E-state index contributed by atoms with van der Waals surface area (Å²) in [5.74, 6) is -0.981. The summed E-state index contributed by atoms with van der Waals surface area (Å²) < 4.78 is 37.8. The monoisotopic (exact) mass is 331 g/mol. The van der Waals surface area contributed by atoms with Crippen molar-refractivity contribution in [3.63, 3.8) is 0 Å². The fraction of sp³-hybridized carbons (Fsp3) is 0.500. The Labute approximate surface area is 131 Å². The molecule has 0 fully saturated rings. The molecule has 1 rings (SSSR count). The zero-order chi connectivity index (χ0) is 16.8. The molecular formula is C14H22FN3O3S. The Hall–Kier alpha value is -1.67. The average molecular weight is 331 g/mol. The van der Waals surface area contributed by atoms with E-state index in [2.05, 4.69) is 5.32 Å². The molecule has 0 aliphatic carbocycles. The molecule has 0 aliphatic heterocycles. The topological polar surface area (TPSA) is 69.7 Å². The second kappa shape index (κ2) is 8.09. The van der Waals surface area contributed by atoms with Crippen LogP contribution in [0.4, 0.5) is 10.1 Å². The lowest BCUT2D eigenvalue weighted by Crippen LogP contribution is -2.41. The molecule has 1 aromatic carbocycles. The van der Waals surface area contributed by atoms with Gasteiger partial charge in [-0.3, -0.25) is 9.10 Å². The lowest BCUT2D eigenvalue weighted by atomic mass is 10.3. The molecule has 0 bridgehead atoms. The normalized spacial score (nSPS) is 11.5. The first-order valence-electron chi connectivity index (χ1n) is 6.85. The minimum atomic E-state index is -3.68. The number of carbonyl (C=O) groups excluding carboxylic acids is 1. The fourth-order valence-electron chi connectivity index (χ4n) is 1.84. The maximum absolute atomic E-state index is 13.3. The van der Waals surface area contributed by atoms with Gasteiger partial charge in [-0.2, -0.15) is 0 Å². The molecule has 0 atom stereocenters. The van der Waals surface area contributed by atoms with E-state index in [1.807, 2.05) is 19.0 Å². The molecule has 0 saturated carbocycles. The van der Waals surface area contributed by atoms with Crippen LogP contribution in [0.5, 0.6) is 0 Å². The summed E-state index contributed by atoms with van der Waals surface area (Å²) in [5, 5.41) is 2.66. The maximum atomic E-state index is 13.3. The van der Waals surface area contributed by atoms with Crippen molar-refractivity contribution < 1.29 is 17.6 Å². The van der Waals surface area contributed by atoms with Gasteiger partial charge in [-0.25, -0.2) is 12.8 Å². The van der Waals surface area contributed by atoms with Crippen molar-refractivity contribution in [1.29, 1.82) is 0 Å². The number of nitrogens with one attached hydrogen (secondary N) is 1. The number of amides is 1. The zero-order valence-electron chi connectivity index (χ0n) is 13.0. The van der Waals surface area contributed by atoms with Crippen molar-refractivity contribution in [1.82, 2.24) is 10.2 Å².